The Labute approximate surface area is 140 Å². The number of ether oxygens (including phenoxy) is 1. The fourth-order valence-corrected chi connectivity index (χ4v) is 2.15. The Morgan fingerprint density at radius 2 is 1.92 bits per heavy atom. The average molecular weight is 322 g/mol. The molecule has 0 saturated carbocycles. The van der Waals surface area contributed by atoms with Crippen LogP contribution in [-0.2, 0) is 9.53 Å². The molecule has 0 saturated heterocycles. The van der Waals surface area contributed by atoms with Crippen molar-refractivity contribution in [1.29, 1.82) is 5.26 Å². The molecule has 0 aliphatic heterocycles. The molecule has 0 heterocycles. The van der Waals surface area contributed by atoms with Crippen LogP contribution in [0.1, 0.15) is 34.3 Å². The summed E-state index contributed by atoms with van der Waals surface area (Å²) in [6.45, 7) is 2.12. The van der Waals surface area contributed by atoms with Gasteiger partial charge in [0.1, 0.15) is 0 Å². The molecule has 5 heteroatoms. The minimum Gasteiger partial charge on any atom is -0.452 e. The fourth-order valence-electron chi connectivity index (χ4n) is 2.15. The lowest BCUT2D eigenvalue weighted by atomic mass is 10.0. The van der Waals surface area contributed by atoms with Crippen LogP contribution in [0.5, 0.6) is 0 Å². The van der Waals surface area contributed by atoms with Crippen LogP contribution >= 0.6 is 0 Å². The quantitative estimate of drug-likeness (QED) is 0.829. The van der Waals surface area contributed by atoms with Crippen LogP contribution in [0.15, 0.2) is 54.6 Å². The Kier molecular flexibility index (Phi) is 6.09. The highest BCUT2D eigenvalue weighted by atomic mass is 16.5. The SMILES string of the molecule is C[C@@H](CNC(=O)COC(=O)c1cccc(C#N)c1)c1ccccc1. The molecule has 0 aromatic heterocycles. The number of rotatable bonds is 6. The predicted molar refractivity (Wildman–Crippen MR) is 89.3 cm³/mol. The minimum atomic E-state index is -0.627. The molecule has 0 radical (unpaired) electrons. The predicted octanol–water partition coefficient (Wildman–Crippen LogP) is 2.63. The summed E-state index contributed by atoms with van der Waals surface area (Å²) in [4.78, 5) is 23.7. The second kappa shape index (κ2) is 8.49. The summed E-state index contributed by atoms with van der Waals surface area (Å²) in [5.41, 5.74) is 1.74. The Hall–Kier alpha value is -3.13. The third-order valence-electron chi connectivity index (χ3n) is 3.54. The largest absolute Gasteiger partial charge is 0.452 e. The van der Waals surface area contributed by atoms with E-state index in [0.29, 0.717) is 12.1 Å². The number of nitrogens with one attached hydrogen (secondary N) is 1. The van der Waals surface area contributed by atoms with Crippen LogP contribution in [-0.4, -0.2) is 25.0 Å². The molecule has 0 unspecified atom stereocenters. The number of hydrogen-bond donors (Lipinski definition) is 1. The Morgan fingerprint density at radius 3 is 2.62 bits per heavy atom. The van der Waals surface area contributed by atoms with E-state index in [2.05, 4.69) is 5.32 Å². The first-order valence-corrected chi connectivity index (χ1v) is 7.59. The van der Waals surface area contributed by atoms with Gasteiger partial charge in [-0.3, -0.25) is 4.79 Å². The van der Waals surface area contributed by atoms with Gasteiger partial charge < -0.3 is 10.1 Å². The molecule has 2 aromatic rings. The van der Waals surface area contributed by atoms with Crippen molar-refractivity contribution >= 4 is 11.9 Å². The van der Waals surface area contributed by atoms with Gasteiger partial charge in [0.15, 0.2) is 6.61 Å². The third kappa shape index (κ3) is 4.96. The van der Waals surface area contributed by atoms with Gasteiger partial charge in [0.25, 0.3) is 5.91 Å². The van der Waals surface area contributed by atoms with Crippen molar-refractivity contribution in [1.82, 2.24) is 5.32 Å². The molecule has 1 N–H and O–H groups in total. The van der Waals surface area contributed by atoms with E-state index >= 15 is 0 Å². The molecule has 0 aliphatic rings. The van der Waals surface area contributed by atoms with Gasteiger partial charge in [-0.05, 0) is 29.7 Å². The summed E-state index contributed by atoms with van der Waals surface area (Å²) < 4.78 is 4.97. The number of esters is 1. The maximum absolute atomic E-state index is 11.9. The highest BCUT2D eigenvalue weighted by Crippen LogP contribution is 2.12. The maximum Gasteiger partial charge on any atom is 0.338 e. The first-order chi connectivity index (χ1) is 11.6. The molecule has 122 valence electrons. The number of amides is 1. The highest BCUT2D eigenvalue weighted by Gasteiger charge is 2.12. The minimum absolute atomic E-state index is 0.165. The zero-order chi connectivity index (χ0) is 17.4. The summed E-state index contributed by atoms with van der Waals surface area (Å²) in [5, 5.41) is 11.6. The standard InChI is InChI=1S/C19H18N2O3/c1-14(16-7-3-2-4-8-16)12-21-18(22)13-24-19(23)17-9-5-6-15(10-17)11-20/h2-10,14H,12-13H2,1H3,(H,21,22)/t14-/m0/s1. The van der Waals surface area contributed by atoms with Crippen molar-refractivity contribution in [2.45, 2.75) is 12.8 Å². The lowest BCUT2D eigenvalue weighted by Crippen LogP contribution is -2.31. The smallest absolute Gasteiger partial charge is 0.338 e. The molecule has 0 aliphatic carbocycles. The number of carbonyl (C=O) groups is 2. The molecule has 1 amide bonds. The Morgan fingerprint density at radius 1 is 1.17 bits per heavy atom. The monoisotopic (exact) mass is 322 g/mol. The maximum atomic E-state index is 11.9. The van der Waals surface area contributed by atoms with Crippen molar-refractivity contribution < 1.29 is 14.3 Å². The molecule has 0 spiro atoms. The van der Waals surface area contributed by atoms with Gasteiger partial charge in [-0.25, -0.2) is 4.79 Å². The van der Waals surface area contributed by atoms with Gasteiger partial charge in [-0.2, -0.15) is 5.26 Å². The van der Waals surface area contributed by atoms with Crippen LogP contribution in [0.25, 0.3) is 0 Å². The molecular weight excluding hydrogens is 304 g/mol. The average Bonchev–Trinajstić information content (AvgIpc) is 2.64. The third-order valence-corrected chi connectivity index (χ3v) is 3.54. The highest BCUT2D eigenvalue weighted by molar-refractivity contribution is 5.91. The van der Waals surface area contributed by atoms with E-state index in [1.165, 1.54) is 6.07 Å². The van der Waals surface area contributed by atoms with Crippen molar-refractivity contribution in [3.05, 3.63) is 71.3 Å². The summed E-state index contributed by atoms with van der Waals surface area (Å²) >= 11 is 0. The topological polar surface area (TPSA) is 79.2 Å². The normalized spacial score (nSPS) is 11.2. The van der Waals surface area contributed by atoms with Crippen LogP contribution < -0.4 is 5.32 Å². The number of carbonyl (C=O) groups excluding carboxylic acids is 2. The van der Waals surface area contributed by atoms with Crippen LogP contribution in [0, 0.1) is 11.3 Å². The molecule has 0 bridgehead atoms. The van der Waals surface area contributed by atoms with E-state index in [-0.39, 0.29) is 24.0 Å². The summed E-state index contributed by atoms with van der Waals surface area (Å²) in [6, 6.07) is 17.9. The summed E-state index contributed by atoms with van der Waals surface area (Å²) in [5.74, 6) is -0.820. The molecule has 24 heavy (non-hydrogen) atoms. The van der Waals surface area contributed by atoms with E-state index < -0.39 is 5.97 Å². The first kappa shape index (κ1) is 17.2. The van der Waals surface area contributed by atoms with Gasteiger partial charge in [0, 0.05) is 6.54 Å². The fraction of sp³-hybridized carbons (Fsp3) is 0.211. The molecule has 2 rings (SSSR count). The number of nitriles is 1. The first-order valence-electron chi connectivity index (χ1n) is 7.59. The second-order valence-corrected chi connectivity index (χ2v) is 5.38. The van der Waals surface area contributed by atoms with Gasteiger partial charge in [0.2, 0.25) is 0 Å². The van der Waals surface area contributed by atoms with Crippen LogP contribution in [0.4, 0.5) is 0 Å². The number of hydrogen-bond acceptors (Lipinski definition) is 4. The number of nitrogens with zero attached hydrogens (tertiary/aromatic N) is 1. The van der Waals surface area contributed by atoms with Crippen LogP contribution in [0.3, 0.4) is 0 Å². The zero-order valence-electron chi connectivity index (χ0n) is 13.4. The van der Waals surface area contributed by atoms with Crippen molar-refractivity contribution in [2.24, 2.45) is 0 Å². The lowest BCUT2D eigenvalue weighted by molar-refractivity contribution is -0.124. The molecular formula is C19H18N2O3. The second-order valence-electron chi connectivity index (χ2n) is 5.38. The van der Waals surface area contributed by atoms with Crippen molar-refractivity contribution in [3.63, 3.8) is 0 Å². The number of benzene rings is 2. The molecule has 1 atom stereocenters. The zero-order valence-corrected chi connectivity index (χ0v) is 13.4. The van der Waals surface area contributed by atoms with Crippen molar-refractivity contribution in [3.8, 4) is 6.07 Å². The molecule has 0 fully saturated rings. The van der Waals surface area contributed by atoms with E-state index in [1.54, 1.807) is 18.2 Å². The lowest BCUT2D eigenvalue weighted by Gasteiger charge is -2.13. The summed E-state index contributed by atoms with van der Waals surface area (Å²) in [6.07, 6.45) is 0. The molecule has 2 aromatic carbocycles. The molecule has 5 nitrogen and oxygen atoms in total. The van der Waals surface area contributed by atoms with Gasteiger partial charge in [0.05, 0.1) is 17.2 Å². The van der Waals surface area contributed by atoms with E-state index in [0.717, 1.165) is 5.56 Å². The van der Waals surface area contributed by atoms with E-state index in [1.807, 2.05) is 43.3 Å². The van der Waals surface area contributed by atoms with Gasteiger partial charge in [-0.1, -0.05) is 43.3 Å². The van der Waals surface area contributed by atoms with Gasteiger partial charge >= 0.3 is 5.97 Å². The van der Waals surface area contributed by atoms with E-state index in [4.69, 9.17) is 10.00 Å². The van der Waals surface area contributed by atoms with Crippen LogP contribution in [0.2, 0.25) is 0 Å². The van der Waals surface area contributed by atoms with Crippen molar-refractivity contribution in [2.75, 3.05) is 13.2 Å². The van der Waals surface area contributed by atoms with Gasteiger partial charge in [-0.15, -0.1) is 0 Å². The van der Waals surface area contributed by atoms with E-state index in [9.17, 15) is 9.59 Å². The Bertz CT molecular complexity index is 751. The summed E-state index contributed by atoms with van der Waals surface area (Å²) in [7, 11) is 0. The Balaban J connectivity index is 1.78.